The molecule has 1 aliphatic carbocycles. The molecule has 1 N–H and O–H groups in total. The van der Waals surface area contributed by atoms with Gasteiger partial charge in [0.1, 0.15) is 0 Å². The molecule has 0 heterocycles. The van der Waals surface area contributed by atoms with Crippen LogP contribution in [0.2, 0.25) is 0 Å². The molecule has 0 aromatic heterocycles. The molecule has 3 rings (SSSR count). The lowest BCUT2D eigenvalue weighted by atomic mass is 9.83. The third-order valence-corrected chi connectivity index (χ3v) is 8.35. The minimum absolute atomic E-state index is 0.166. The van der Waals surface area contributed by atoms with Crippen molar-refractivity contribution in [1.82, 2.24) is 0 Å². The zero-order chi connectivity index (χ0) is 24.3. The van der Waals surface area contributed by atoms with Gasteiger partial charge in [0.05, 0.1) is 4.90 Å². The number of benzene rings is 2. The summed E-state index contributed by atoms with van der Waals surface area (Å²) in [5.41, 5.74) is 1.85. The maximum Gasteiger partial charge on any atom is 0.300 e. The first-order chi connectivity index (χ1) is 15.6. The molecule has 1 atom stereocenters. The first kappa shape index (κ1) is 26.0. The fraction of sp³-hybridized carbons (Fsp3) is 0.500. The standard InChI is InChI=1S/C24H28F4O3S2/c1-3-8-14(4-2)16-11-12-17(15-9-6-5-7-10-15)18(13-16)32-23-19(25)21(27)24(33(29,30)31)22(28)20(23)26/h11-15H,3-10H2,1-2H3,(H,29,30,31). The molecule has 33 heavy (non-hydrogen) atoms. The van der Waals surface area contributed by atoms with E-state index in [2.05, 4.69) is 13.8 Å². The average Bonchev–Trinajstić information content (AvgIpc) is 2.78. The maximum absolute atomic E-state index is 14.8. The summed E-state index contributed by atoms with van der Waals surface area (Å²) in [5.74, 6) is -7.54. The van der Waals surface area contributed by atoms with E-state index in [-0.39, 0.29) is 11.8 Å². The van der Waals surface area contributed by atoms with Crippen molar-refractivity contribution < 1.29 is 30.5 Å². The second-order valence-corrected chi connectivity index (χ2v) is 10.9. The number of hydrogen-bond donors (Lipinski definition) is 1. The normalized spacial score (nSPS) is 16.2. The van der Waals surface area contributed by atoms with Crippen LogP contribution in [0.5, 0.6) is 0 Å². The molecule has 0 radical (unpaired) electrons. The van der Waals surface area contributed by atoms with Crippen LogP contribution in [0.4, 0.5) is 17.6 Å². The fourth-order valence-corrected chi connectivity index (χ4v) is 6.37. The van der Waals surface area contributed by atoms with E-state index in [0.29, 0.717) is 16.7 Å². The summed E-state index contributed by atoms with van der Waals surface area (Å²) in [6.45, 7) is 4.13. The van der Waals surface area contributed by atoms with E-state index in [0.717, 1.165) is 62.5 Å². The van der Waals surface area contributed by atoms with Crippen molar-refractivity contribution >= 4 is 21.9 Å². The summed E-state index contributed by atoms with van der Waals surface area (Å²) in [6, 6.07) is 5.80. The van der Waals surface area contributed by atoms with Crippen LogP contribution >= 0.6 is 11.8 Å². The van der Waals surface area contributed by atoms with Gasteiger partial charge in [-0.2, -0.15) is 8.42 Å². The van der Waals surface area contributed by atoms with Gasteiger partial charge in [-0.05, 0) is 54.7 Å². The Labute approximate surface area is 196 Å². The van der Waals surface area contributed by atoms with Gasteiger partial charge in [0, 0.05) is 4.90 Å². The summed E-state index contributed by atoms with van der Waals surface area (Å²) in [4.78, 5) is -2.47. The monoisotopic (exact) mass is 504 g/mol. The first-order valence-corrected chi connectivity index (χ1v) is 13.5. The fourth-order valence-electron chi connectivity index (χ4n) is 4.62. The van der Waals surface area contributed by atoms with Gasteiger partial charge in [-0.25, -0.2) is 17.6 Å². The van der Waals surface area contributed by atoms with Crippen LogP contribution in [0.1, 0.15) is 88.2 Å². The molecule has 0 bridgehead atoms. The third kappa shape index (κ3) is 5.57. The Bertz CT molecular complexity index is 1080. The summed E-state index contributed by atoms with van der Waals surface area (Å²) in [7, 11) is -5.49. The second-order valence-electron chi connectivity index (χ2n) is 8.52. The van der Waals surface area contributed by atoms with Crippen molar-refractivity contribution in [2.75, 3.05) is 0 Å². The van der Waals surface area contributed by atoms with E-state index in [9.17, 15) is 26.0 Å². The Kier molecular flexibility index (Phi) is 8.50. The molecular weight excluding hydrogens is 476 g/mol. The number of hydrogen-bond acceptors (Lipinski definition) is 3. The molecule has 1 unspecified atom stereocenters. The van der Waals surface area contributed by atoms with Crippen LogP contribution in [-0.2, 0) is 10.1 Å². The second kappa shape index (κ2) is 10.8. The highest BCUT2D eigenvalue weighted by molar-refractivity contribution is 7.99. The van der Waals surface area contributed by atoms with Gasteiger partial charge >= 0.3 is 10.1 Å². The average molecular weight is 505 g/mol. The molecule has 2 aromatic rings. The van der Waals surface area contributed by atoms with Crippen LogP contribution in [0.25, 0.3) is 0 Å². The van der Waals surface area contributed by atoms with E-state index in [4.69, 9.17) is 4.55 Å². The minimum atomic E-state index is -5.49. The minimum Gasteiger partial charge on any atom is -0.282 e. The Balaban J connectivity index is 2.14. The van der Waals surface area contributed by atoms with E-state index in [1.54, 1.807) is 0 Å². The summed E-state index contributed by atoms with van der Waals surface area (Å²) in [6.07, 6.45) is 7.75. The highest BCUT2D eigenvalue weighted by atomic mass is 32.2. The molecule has 1 fully saturated rings. The van der Waals surface area contributed by atoms with Crippen LogP contribution < -0.4 is 0 Å². The largest absolute Gasteiger partial charge is 0.300 e. The van der Waals surface area contributed by atoms with Crippen LogP contribution in [0.3, 0.4) is 0 Å². The lowest BCUT2D eigenvalue weighted by Gasteiger charge is -2.26. The lowest BCUT2D eigenvalue weighted by molar-refractivity contribution is 0.384. The Morgan fingerprint density at radius 3 is 2.12 bits per heavy atom. The number of halogens is 4. The van der Waals surface area contributed by atoms with Gasteiger partial charge in [0.2, 0.25) is 0 Å². The van der Waals surface area contributed by atoms with Crippen molar-refractivity contribution in [2.24, 2.45) is 0 Å². The maximum atomic E-state index is 14.8. The summed E-state index contributed by atoms with van der Waals surface area (Å²) >= 11 is 0.562. The van der Waals surface area contributed by atoms with Crippen molar-refractivity contribution in [2.45, 2.75) is 91.7 Å². The topological polar surface area (TPSA) is 54.4 Å². The predicted molar refractivity (Wildman–Crippen MR) is 120 cm³/mol. The zero-order valence-electron chi connectivity index (χ0n) is 18.6. The molecule has 2 aromatic carbocycles. The highest BCUT2D eigenvalue weighted by Gasteiger charge is 2.33. The van der Waals surface area contributed by atoms with Crippen molar-refractivity contribution in [3.05, 3.63) is 52.6 Å². The number of rotatable bonds is 8. The SMILES string of the molecule is CCCC(CC)c1ccc(C2CCCCC2)c(Sc2c(F)c(F)c(S(=O)(=O)O)c(F)c2F)c1. The molecule has 0 aliphatic heterocycles. The third-order valence-electron chi connectivity index (χ3n) is 6.34. The van der Waals surface area contributed by atoms with Gasteiger partial charge in [-0.3, -0.25) is 4.55 Å². The Hall–Kier alpha value is -1.58. The first-order valence-electron chi connectivity index (χ1n) is 11.2. The van der Waals surface area contributed by atoms with Gasteiger partial charge in [0.25, 0.3) is 0 Å². The summed E-state index contributed by atoms with van der Waals surface area (Å²) in [5, 5.41) is 0. The van der Waals surface area contributed by atoms with Gasteiger partial charge in [0.15, 0.2) is 28.2 Å². The zero-order valence-corrected chi connectivity index (χ0v) is 20.3. The molecule has 9 heteroatoms. The van der Waals surface area contributed by atoms with Crippen molar-refractivity contribution in [1.29, 1.82) is 0 Å². The van der Waals surface area contributed by atoms with Crippen molar-refractivity contribution in [3.63, 3.8) is 0 Å². The molecule has 0 spiro atoms. The van der Waals surface area contributed by atoms with Crippen molar-refractivity contribution in [3.8, 4) is 0 Å². The van der Waals surface area contributed by atoms with Crippen LogP contribution in [0.15, 0.2) is 32.9 Å². The Morgan fingerprint density at radius 1 is 1.00 bits per heavy atom. The van der Waals surface area contributed by atoms with Crippen LogP contribution in [-0.4, -0.2) is 13.0 Å². The van der Waals surface area contributed by atoms with E-state index >= 15 is 0 Å². The molecule has 0 amide bonds. The molecular formula is C24H28F4O3S2. The molecule has 182 valence electrons. The van der Waals surface area contributed by atoms with Gasteiger partial charge in [-0.1, -0.05) is 63.4 Å². The Morgan fingerprint density at radius 2 is 1.61 bits per heavy atom. The summed E-state index contributed by atoms with van der Waals surface area (Å²) < 4.78 is 89.8. The predicted octanol–water partition coefficient (Wildman–Crippen LogP) is 7.98. The highest BCUT2D eigenvalue weighted by Crippen LogP contribution is 2.44. The smallest absolute Gasteiger partial charge is 0.282 e. The van der Waals surface area contributed by atoms with E-state index in [1.165, 1.54) is 0 Å². The molecule has 1 aliphatic rings. The lowest BCUT2D eigenvalue weighted by Crippen LogP contribution is -2.11. The van der Waals surface area contributed by atoms with Gasteiger partial charge in [-0.15, -0.1) is 0 Å². The molecule has 1 saturated carbocycles. The van der Waals surface area contributed by atoms with Gasteiger partial charge < -0.3 is 0 Å². The van der Waals surface area contributed by atoms with E-state index in [1.807, 2.05) is 18.2 Å². The van der Waals surface area contributed by atoms with Crippen LogP contribution in [0, 0.1) is 23.3 Å². The molecule has 0 saturated heterocycles. The quantitative estimate of drug-likeness (QED) is 0.225. The molecule has 3 nitrogen and oxygen atoms in total. The van der Waals surface area contributed by atoms with E-state index < -0.39 is 43.2 Å².